The van der Waals surface area contributed by atoms with Crippen LogP contribution in [0.15, 0.2) is 41.3 Å². The van der Waals surface area contributed by atoms with Gasteiger partial charge in [0.15, 0.2) is 0 Å². The SMILES string of the molecule is O=C(NCC(O)c1c(Cl)cccc1Cl)c1cc[nH]c(=O)c1. The number of aromatic amines is 1. The molecule has 1 aromatic carbocycles. The maximum Gasteiger partial charge on any atom is 0.251 e. The molecule has 2 rings (SSSR count). The highest BCUT2D eigenvalue weighted by molar-refractivity contribution is 6.36. The van der Waals surface area contributed by atoms with E-state index < -0.39 is 12.0 Å². The summed E-state index contributed by atoms with van der Waals surface area (Å²) in [6.45, 7) is -0.0743. The first-order chi connectivity index (χ1) is 9.99. The molecule has 3 N–H and O–H groups in total. The van der Waals surface area contributed by atoms with E-state index in [0.717, 1.165) is 0 Å². The van der Waals surface area contributed by atoms with Crippen molar-refractivity contribution in [1.29, 1.82) is 0 Å². The fraction of sp³-hybridized carbons (Fsp3) is 0.143. The molecule has 0 radical (unpaired) electrons. The van der Waals surface area contributed by atoms with Gasteiger partial charge >= 0.3 is 0 Å². The van der Waals surface area contributed by atoms with Gasteiger partial charge in [0.05, 0.1) is 6.10 Å². The Morgan fingerprint density at radius 3 is 2.57 bits per heavy atom. The molecule has 0 saturated heterocycles. The van der Waals surface area contributed by atoms with Crippen molar-refractivity contribution in [2.75, 3.05) is 6.54 Å². The summed E-state index contributed by atoms with van der Waals surface area (Å²) in [7, 11) is 0. The van der Waals surface area contributed by atoms with Crippen LogP contribution in [0.1, 0.15) is 22.0 Å². The lowest BCUT2D eigenvalue weighted by Crippen LogP contribution is -2.29. The first-order valence-corrected chi connectivity index (χ1v) is 6.83. The fourth-order valence-electron chi connectivity index (χ4n) is 1.81. The largest absolute Gasteiger partial charge is 0.386 e. The summed E-state index contributed by atoms with van der Waals surface area (Å²) < 4.78 is 0. The highest BCUT2D eigenvalue weighted by Gasteiger charge is 2.16. The number of halogens is 2. The highest BCUT2D eigenvalue weighted by Crippen LogP contribution is 2.29. The van der Waals surface area contributed by atoms with E-state index in [-0.39, 0.29) is 17.7 Å². The quantitative estimate of drug-likeness (QED) is 0.805. The van der Waals surface area contributed by atoms with Crippen molar-refractivity contribution in [3.63, 3.8) is 0 Å². The molecule has 0 bridgehead atoms. The van der Waals surface area contributed by atoms with Crippen LogP contribution in [-0.4, -0.2) is 22.5 Å². The number of hydrogen-bond acceptors (Lipinski definition) is 3. The average molecular weight is 327 g/mol. The lowest BCUT2D eigenvalue weighted by molar-refractivity contribution is 0.0916. The van der Waals surface area contributed by atoms with Crippen LogP contribution in [0.5, 0.6) is 0 Å². The number of amides is 1. The summed E-state index contributed by atoms with van der Waals surface area (Å²) in [5.74, 6) is -0.469. The number of pyridine rings is 1. The van der Waals surface area contributed by atoms with Crippen molar-refractivity contribution >= 4 is 29.1 Å². The van der Waals surface area contributed by atoms with E-state index in [0.29, 0.717) is 15.6 Å². The minimum atomic E-state index is -1.04. The van der Waals surface area contributed by atoms with Crippen LogP contribution in [0, 0.1) is 0 Å². The van der Waals surface area contributed by atoms with Gasteiger partial charge in [-0.2, -0.15) is 0 Å². The summed E-state index contributed by atoms with van der Waals surface area (Å²) >= 11 is 11.9. The molecule has 0 aliphatic rings. The number of aliphatic hydroxyl groups excluding tert-OH is 1. The number of H-pyrrole nitrogens is 1. The molecule has 110 valence electrons. The molecule has 1 aromatic heterocycles. The van der Waals surface area contributed by atoms with Gasteiger partial charge in [-0.1, -0.05) is 29.3 Å². The van der Waals surface area contributed by atoms with E-state index in [4.69, 9.17) is 23.2 Å². The van der Waals surface area contributed by atoms with E-state index in [1.807, 2.05) is 0 Å². The molecule has 0 aliphatic carbocycles. The van der Waals surface area contributed by atoms with E-state index in [1.165, 1.54) is 18.3 Å². The maximum absolute atomic E-state index is 11.9. The summed E-state index contributed by atoms with van der Waals surface area (Å²) in [5, 5.41) is 13.2. The molecule has 7 heteroatoms. The Labute approximate surface area is 130 Å². The average Bonchev–Trinajstić information content (AvgIpc) is 2.44. The van der Waals surface area contributed by atoms with Crippen LogP contribution in [0.4, 0.5) is 0 Å². The third kappa shape index (κ3) is 3.85. The molecule has 1 unspecified atom stereocenters. The smallest absolute Gasteiger partial charge is 0.251 e. The van der Waals surface area contributed by atoms with Crippen molar-refractivity contribution in [3.8, 4) is 0 Å². The summed E-state index contributed by atoms with van der Waals surface area (Å²) in [4.78, 5) is 25.4. The topological polar surface area (TPSA) is 82.2 Å². The molecule has 0 spiro atoms. The number of hydrogen-bond donors (Lipinski definition) is 3. The zero-order valence-corrected chi connectivity index (χ0v) is 12.3. The molecule has 1 amide bonds. The Hall–Kier alpha value is -1.82. The zero-order chi connectivity index (χ0) is 15.4. The lowest BCUT2D eigenvalue weighted by Gasteiger charge is -2.15. The number of carbonyl (C=O) groups is 1. The van der Waals surface area contributed by atoms with Crippen molar-refractivity contribution in [2.45, 2.75) is 6.10 Å². The molecule has 21 heavy (non-hydrogen) atoms. The highest BCUT2D eigenvalue weighted by atomic mass is 35.5. The summed E-state index contributed by atoms with van der Waals surface area (Å²) in [6.07, 6.45) is 0.329. The maximum atomic E-state index is 11.9. The first-order valence-electron chi connectivity index (χ1n) is 6.08. The number of aliphatic hydroxyl groups is 1. The Kier molecular flexibility index (Phi) is 5.01. The Morgan fingerprint density at radius 2 is 1.95 bits per heavy atom. The molecule has 2 aromatic rings. The predicted octanol–water partition coefficient (Wildman–Crippen LogP) is 2.15. The van der Waals surface area contributed by atoms with Crippen LogP contribution < -0.4 is 10.9 Å². The van der Waals surface area contributed by atoms with E-state index in [9.17, 15) is 14.7 Å². The van der Waals surface area contributed by atoms with Crippen LogP contribution in [0.2, 0.25) is 10.0 Å². The monoisotopic (exact) mass is 326 g/mol. The zero-order valence-electron chi connectivity index (χ0n) is 10.8. The van der Waals surface area contributed by atoms with Gasteiger partial charge in [0.1, 0.15) is 0 Å². The van der Waals surface area contributed by atoms with Crippen LogP contribution in [0.25, 0.3) is 0 Å². The van der Waals surface area contributed by atoms with Gasteiger partial charge < -0.3 is 15.4 Å². The van der Waals surface area contributed by atoms with E-state index in [2.05, 4.69) is 10.3 Å². The van der Waals surface area contributed by atoms with Gasteiger partial charge in [0.25, 0.3) is 5.91 Å². The molecule has 5 nitrogen and oxygen atoms in total. The molecular weight excluding hydrogens is 315 g/mol. The molecule has 0 aliphatic heterocycles. The minimum Gasteiger partial charge on any atom is -0.386 e. The number of rotatable bonds is 4. The number of benzene rings is 1. The number of carbonyl (C=O) groups excluding carboxylic acids is 1. The molecule has 0 fully saturated rings. The van der Waals surface area contributed by atoms with Gasteiger partial charge in [0, 0.05) is 40.0 Å². The van der Waals surface area contributed by atoms with Gasteiger partial charge in [-0.15, -0.1) is 0 Å². The Balaban J connectivity index is 2.06. The predicted molar refractivity (Wildman–Crippen MR) is 80.8 cm³/mol. The third-order valence-electron chi connectivity index (χ3n) is 2.83. The number of nitrogens with one attached hydrogen (secondary N) is 2. The molecule has 1 atom stereocenters. The standard InChI is InChI=1S/C14H12Cl2N2O3/c15-9-2-1-3-10(16)13(9)11(19)7-18-14(21)8-4-5-17-12(20)6-8/h1-6,11,19H,7H2,(H,17,20)(H,18,21). The van der Waals surface area contributed by atoms with Crippen LogP contribution in [0.3, 0.4) is 0 Å². The van der Waals surface area contributed by atoms with Gasteiger partial charge in [-0.05, 0) is 18.2 Å². The van der Waals surface area contributed by atoms with Gasteiger partial charge in [0.2, 0.25) is 5.56 Å². The first kappa shape index (κ1) is 15.6. The second-order valence-corrected chi connectivity index (χ2v) is 5.12. The lowest BCUT2D eigenvalue weighted by atomic mass is 10.1. The fourth-order valence-corrected chi connectivity index (χ4v) is 2.46. The summed E-state index contributed by atoms with van der Waals surface area (Å²) in [6, 6.07) is 7.50. The molecule has 1 heterocycles. The van der Waals surface area contributed by atoms with Crippen molar-refractivity contribution in [1.82, 2.24) is 10.3 Å². The number of aromatic nitrogens is 1. The second-order valence-electron chi connectivity index (χ2n) is 4.30. The molecule has 0 saturated carbocycles. The van der Waals surface area contributed by atoms with Crippen LogP contribution in [-0.2, 0) is 0 Å². The molecular formula is C14H12Cl2N2O3. The van der Waals surface area contributed by atoms with E-state index >= 15 is 0 Å². The second kappa shape index (κ2) is 6.76. The van der Waals surface area contributed by atoms with Crippen molar-refractivity contribution < 1.29 is 9.90 Å². The Morgan fingerprint density at radius 1 is 1.29 bits per heavy atom. The van der Waals surface area contributed by atoms with E-state index in [1.54, 1.807) is 18.2 Å². The summed E-state index contributed by atoms with van der Waals surface area (Å²) in [5.41, 5.74) is 0.181. The minimum absolute atomic E-state index is 0.0743. The van der Waals surface area contributed by atoms with Crippen molar-refractivity contribution in [3.05, 3.63) is 68.1 Å². The van der Waals surface area contributed by atoms with Gasteiger partial charge in [-0.3, -0.25) is 9.59 Å². The van der Waals surface area contributed by atoms with Crippen LogP contribution >= 0.6 is 23.2 Å². The normalized spacial score (nSPS) is 12.0. The third-order valence-corrected chi connectivity index (χ3v) is 3.49. The Bertz CT molecular complexity index is 695. The van der Waals surface area contributed by atoms with Crippen molar-refractivity contribution in [2.24, 2.45) is 0 Å². The van der Waals surface area contributed by atoms with Gasteiger partial charge in [-0.25, -0.2) is 0 Å².